The molecule has 0 unspecified atom stereocenters. The lowest BCUT2D eigenvalue weighted by Gasteiger charge is -2.06. The molecule has 2 aromatic rings. The number of aromatic nitrogens is 1. The van der Waals surface area contributed by atoms with E-state index >= 15 is 0 Å². The number of nitrogens with zero attached hydrogens (tertiary/aromatic N) is 1. The lowest BCUT2D eigenvalue weighted by Crippen LogP contribution is -2.23. The highest BCUT2D eigenvalue weighted by molar-refractivity contribution is 9.10. The molecule has 1 aromatic heterocycles. The quantitative estimate of drug-likeness (QED) is 0.850. The average molecular weight is 329 g/mol. The third-order valence-electron chi connectivity index (χ3n) is 2.11. The summed E-state index contributed by atoms with van der Waals surface area (Å²) in [5, 5.41) is 4.72. The minimum absolute atomic E-state index is 0.138. The van der Waals surface area contributed by atoms with E-state index in [4.69, 9.17) is 0 Å². The topological polar surface area (TPSA) is 42.0 Å². The van der Waals surface area contributed by atoms with Crippen molar-refractivity contribution in [3.63, 3.8) is 0 Å². The molecule has 0 radical (unpaired) electrons. The first-order valence-corrected chi connectivity index (χ1v) is 6.99. The number of halogens is 1. The largest absolute Gasteiger partial charge is 0.346 e. The average Bonchev–Trinajstić information content (AvgIpc) is 2.82. The van der Waals surface area contributed by atoms with Crippen molar-refractivity contribution < 1.29 is 4.79 Å². The number of benzene rings is 1. The van der Waals surface area contributed by atoms with Gasteiger partial charge in [-0.3, -0.25) is 4.79 Å². The molecule has 1 heterocycles. The van der Waals surface area contributed by atoms with E-state index in [0.717, 1.165) is 15.1 Å². The monoisotopic (exact) mass is 328 g/mol. The fraction of sp³-hybridized carbons (Fsp3) is 0.0909. The molecule has 0 saturated carbocycles. The maximum absolute atomic E-state index is 11.9. The molecule has 0 aliphatic heterocycles. The van der Waals surface area contributed by atoms with Crippen LogP contribution in [-0.4, -0.2) is 10.9 Å². The van der Waals surface area contributed by atoms with Crippen molar-refractivity contribution in [1.29, 1.82) is 0 Å². The zero-order chi connectivity index (χ0) is 12.3. The lowest BCUT2D eigenvalue weighted by atomic mass is 10.2. The predicted molar refractivity (Wildman–Crippen MR) is 74.7 cm³/mol. The molecule has 0 aliphatic rings. The molecule has 2 rings (SSSR count). The van der Waals surface area contributed by atoms with Gasteiger partial charge in [0, 0.05) is 14.7 Å². The Labute approximate surface area is 117 Å². The summed E-state index contributed by atoms with van der Waals surface area (Å²) in [5.41, 5.74) is 3.18. The summed E-state index contributed by atoms with van der Waals surface area (Å²) in [4.78, 5) is 16.8. The summed E-state index contributed by atoms with van der Waals surface area (Å²) < 4.78 is 0.756. The number of thiazole rings is 1. The van der Waals surface area contributed by atoms with Crippen molar-refractivity contribution in [2.75, 3.05) is 0 Å². The van der Waals surface area contributed by atoms with Gasteiger partial charge >= 0.3 is 0 Å². The van der Waals surface area contributed by atoms with Gasteiger partial charge in [0.05, 0.1) is 23.3 Å². The van der Waals surface area contributed by atoms with Crippen LogP contribution in [0.3, 0.4) is 0 Å². The van der Waals surface area contributed by atoms with Crippen LogP contribution in [0, 0.1) is 0 Å². The maximum Gasteiger partial charge on any atom is 0.252 e. The van der Waals surface area contributed by atoms with Crippen molar-refractivity contribution in [3.05, 3.63) is 44.8 Å². The fourth-order valence-electron chi connectivity index (χ4n) is 1.28. The molecule has 0 atom stereocenters. The van der Waals surface area contributed by atoms with Crippen molar-refractivity contribution in [1.82, 2.24) is 10.3 Å². The summed E-state index contributed by atoms with van der Waals surface area (Å²) in [5.74, 6) is -0.138. The molecular formula is C11H9BrN2OS2. The van der Waals surface area contributed by atoms with Gasteiger partial charge < -0.3 is 5.32 Å². The zero-order valence-corrected chi connectivity index (χ0v) is 12.0. The second-order valence-electron chi connectivity index (χ2n) is 3.33. The van der Waals surface area contributed by atoms with Crippen LogP contribution in [0.2, 0.25) is 0 Å². The van der Waals surface area contributed by atoms with Crippen LogP contribution in [0.4, 0.5) is 0 Å². The first-order chi connectivity index (χ1) is 8.16. The SMILES string of the molecule is O=C(NCc1cscn1)c1cc(S)ccc1Br. The standard InChI is InChI=1S/C11H9BrN2OS2/c12-10-2-1-8(16)3-9(10)11(15)13-4-7-5-17-6-14-7/h1-3,5-6,16H,4H2,(H,13,15). The molecule has 0 spiro atoms. The van der Waals surface area contributed by atoms with E-state index < -0.39 is 0 Å². The van der Waals surface area contributed by atoms with Gasteiger partial charge in [-0.15, -0.1) is 24.0 Å². The number of amides is 1. The van der Waals surface area contributed by atoms with Crippen molar-refractivity contribution in [2.45, 2.75) is 11.4 Å². The highest BCUT2D eigenvalue weighted by atomic mass is 79.9. The van der Waals surface area contributed by atoms with E-state index in [1.807, 2.05) is 11.4 Å². The highest BCUT2D eigenvalue weighted by Gasteiger charge is 2.10. The summed E-state index contributed by atoms with van der Waals surface area (Å²) in [7, 11) is 0. The Balaban J connectivity index is 2.07. The van der Waals surface area contributed by atoms with E-state index in [9.17, 15) is 4.79 Å². The number of thiol groups is 1. The van der Waals surface area contributed by atoms with Gasteiger partial charge in [0.25, 0.3) is 5.91 Å². The summed E-state index contributed by atoms with van der Waals surface area (Å²) in [6, 6.07) is 5.36. The van der Waals surface area contributed by atoms with E-state index in [1.165, 1.54) is 11.3 Å². The first kappa shape index (κ1) is 12.6. The number of hydrogen-bond donors (Lipinski definition) is 2. The Morgan fingerprint density at radius 1 is 1.53 bits per heavy atom. The molecule has 3 nitrogen and oxygen atoms in total. The van der Waals surface area contributed by atoms with Crippen LogP contribution in [0.25, 0.3) is 0 Å². The molecule has 0 aliphatic carbocycles. The predicted octanol–water partition coefficient (Wildman–Crippen LogP) is 3.12. The van der Waals surface area contributed by atoms with Gasteiger partial charge in [0.2, 0.25) is 0 Å². The Kier molecular flexibility index (Phi) is 4.20. The second kappa shape index (κ2) is 5.66. The first-order valence-electron chi connectivity index (χ1n) is 4.80. The maximum atomic E-state index is 11.9. The molecule has 0 bridgehead atoms. The van der Waals surface area contributed by atoms with Gasteiger partial charge in [-0.05, 0) is 34.1 Å². The van der Waals surface area contributed by atoms with Crippen LogP contribution >= 0.6 is 39.9 Å². The summed E-state index contributed by atoms with van der Waals surface area (Å²) in [6.45, 7) is 0.436. The number of carbonyl (C=O) groups is 1. The minimum Gasteiger partial charge on any atom is -0.346 e. The Morgan fingerprint density at radius 3 is 3.06 bits per heavy atom. The zero-order valence-electron chi connectivity index (χ0n) is 8.68. The van der Waals surface area contributed by atoms with Crippen LogP contribution in [0.5, 0.6) is 0 Å². The molecule has 1 aromatic carbocycles. The Hall–Kier alpha value is -0.850. The van der Waals surface area contributed by atoms with E-state index in [1.54, 1.807) is 17.6 Å². The number of rotatable bonds is 3. The molecule has 1 amide bonds. The van der Waals surface area contributed by atoms with E-state index in [-0.39, 0.29) is 5.91 Å². The van der Waals surface area contributed by atoms with Crippen LogP contribution in [0.15, 0.2) is 38.5 Å². The summed E-state index contributed by atoms with van der Waals surface area (Å²) in [6.07, 6.45) is 0. The smallest absolute Gasteiger partial charge is 0.252 e. The number of carbonyl (C=O) groups excluding carboxylic acids is 1. The molecule has 0 saturated heterocycles. The molecule has 0 fully saturated rings. The molecular weight excluding hydrogens is 320 g/mol. The number of nitrogens with one attached hydrogen (secondary N) is 1. The van der Waals surface area contributed by atoms with E-state index in [2.05, 4.69) is 38.9 Å². The minimum atomic E-state index is -0.138. The van der Waals surface area contributed by atoms with Crippen LogP contribution in [0.1, 0.15) is 16.1 Å². The summed E-state index contributed by atoms with van der Waals surface area (Å²) >= 11 is 9.06. The Morgan fingerprint density at radius 2 is 2.35 bits per heavy atom. The molecule has 6 heteroatoms. The Bertz CT molecular complexity index is 528. The molecule has 17 heavy (non-hydrogen) atoms. The lowest BCUT2D eigenvalue weighted by molar-refractivity contribution is 0.0949. The number of hydrogen-bond acceptors (Lipinski definition) is 4. The van der Waals surface area contributed by atoms with Crippen molar-refractivity contribution >= 4 is 45.8 Å². The third-order valence-corrected chi connectivity index (χ3v) is 3.71. The van der Waals surface area contributed by atoms with Crippen molar-refractivity contribution in [3.8, 4) is 0 Å². The third kappa shape index (κ3) is 3.31. The van der Waals surface area contributed by atoms with Gasteiger partial charge in [-0.1, -0.05) is 0 Å². The normalized spacial score (nSPS) is 10.2. The second-order valence-corrected chi connectivity index (χ2v) is 5.42. The van der Waals surface area contributed by atoms with Crippen LogP contribution in [-0.2, 0) is 6.54 Å². The highest BCUT2D eigenvalue weighted by Crippen LogP contribution is 2.20. The fourth-order valence-corrected chi connectivity index (χ4v) is 2.47. The van der Waals surface area contributed by atoms with Crippen LogP contribution < -0.4 is 5.32 Å². The van der Waals surface area contributed by atoms with Gasteiger partial charge in [-0.25, -0.2) is 4.98 Å². The van der Waals surface area contributed by atoms with Crippen molar-refractivity contribution in [2.24, 2.45) is 0 Å². The van der Waals surface area contributed by atoms with E-state index in [0.29, 0.717) is 12.1 Å². The molecule has 1 N–H and O–H groups in total. The van der Waals surface area contributed by atoms with Gasteiger partial charge in [0.1, 0.15) is 0 Å². The van der Waals surface area contributed by atoms with Gasteiger partial charge in [0.15, 0.2) is 0 Å². The molecule has 88 valence electrons. The van der Waals surface area contributed by atoms with Gasteiger partial charge in [-0.2, -0.15) is 0 Å².